The summed E-state index contributed by atoms with van der Waals surface area (Å²) in [6.45, 7) is 0. The van der Waals surface area contributed by atoms with E-state index < -0.39 is 0 Å². The summed E-state index contributed by atoms with van der Waals surface area (Å²) in [7, 11) is 0. The van der Waals surface area contributed by atoms with Crippen molar-refractivity contribution in [2.75, 3.05) is 15.5 Å². The standard InChI is InChI=1S/C42H31N3/c1-3-16-37(17-4-1)45(38-18-5-2-6-19-38)42-21-11-20-39-40(42)28-36(43-34-24-22-30-12-7-9-14-32(30)26-34)29-41(39)44-35-25-23-31-13-8-10-15-33(31)27-35/h1-29,43-44H. The molecule has 0 atom stereocenters. The van der Waals surface area contributed by atoms with Crippen LogP contribution in [0.1, 0.15) is 0 Å². The van der Waals surface area contributed by atoms with Gasteiger partial charge in [-0.2, -0.15) is 0 Å². The smallest absolute Gasteiger partial charge is 0.0541 e. The highest BCUT2D eigenvalue weighted by molar-refractivity contribution is 6.07. The lowest BCUT2D eigenvalue weighted by Gasteiger charge is -2.27. The van der Waals surface area contributed by atoms with E-state index in [2.05, 4.69) is 191 Å². The predicted octanol–water partition coefficient (Wildman–Crippen LogP) is 12.1. The summed E-state index contributed by atoms with van der Waals surface area (Å²) in [5, 5.41) is 14.7. The molecular formula is C42H31N3. The molecule has 0 aliphatic carbocycles. The zero-order chi connectivity index (χ0) is 30.0. The van der Waals surface area contributed by atoms with Crippen molar-refractivity contribution in [2.45, 2.75) is 0 Å². The Morgan fingerprint density at radius 1 is 0.333 bits per heavy atom. The van der Waals surface area contributed by atoms with E-state index >= 15 is 0 Å². The van der Waals surface area contributed by atoms with Crippen LogP contribution in [-0.2, 0) is 0 Å². The highest BCUT2D eigenvalue weighted by Crippen LogP contribution is 2.42. The Labute approximate surface area is 263 Å². The van der Waals surface area contributed by atoms with Crippen molar-refractivity contribution in [3.8, 4) is 0 Å². The second-order valence-corrected chi connectivity index (χ2v) is 11.3. The van der Waals surface area contributed by atoms with E-state index in [0.717, 1.165) is 50.6 Å². The normalized spacial score (nSPS) is 11.1. The number of hydrogen-bond donors (Lipinski definition) is 2. The third-order valence-electron chi connectivity index (χ3n) is 8.31. The van der Waals surface area contributed by atoms with Gasteiger partial charge >= 0.3 is 0 Å². The maximum atomic E-state index is 3.78. The number of rotatable bonds is 7. The van der Waals surface area contributed by atoms with Crippen LogP contribution in [0.5, 0.6) is 0 Å². The number of anilines is 7. The fraction of sp³-hybridized carbons (Fsp3) is 0. The first-order chi connectivity index (χ1) is 22.3. The Bertz CT molecular complexity index is 2240. The highest BCUT2D eigenvalue weighted by Gasteiger charge is 2.17. The Morgan fingerprint density at radius 2 is 0.867 bits per heavy atom. The van der Waals surface area contributed by atoms with Crippen LogP contribution in [0.2, 0.25) is 0 Å². The van der Waals surface area contributed by atoms with Crippen LogP contribution >= 0.6 is 0 Å². The van der Waals surface area contributed by atoms with Crippen LogP contribution < -0.4 is 15.5 Å². The second kappa shape index (κ2) is 11.6. The van der Waals surface area contributed by atoms with Gasteiger partial charge in [-0.1, -0.05) is 109 Å². The number of nitrogens with one attached hydrogen (secondary N) is 2. The Kier molecular flexibility index (Phi) is 6.82. The lowest BCUT2D eigenvalue weighted by Crippen LogP contribution is -2.10. The lowest BCUT2D eigenvalue weighted by atomic mass is 10.0. The molecule has 0 amide bonds. The summed E-state index contributed by atoms with van der Waals surface area (Å²) in [5.41, 5.74) is 7.45. The number of fused-ring (bicyclic) bond motifs is 3. The van der Waals surface area contributed by atoms with Crippen molar-refractivity contribution in [3.63, 3.8) is 0 Å². The van der Waals surface area contributed by atoms with E-state index in [-0.39, 0.29) is 0 Å². The average Bonchev–Trinajstić information content (AvgIpc) is 3.09. The third-order valence-corrected chi connectivity index (χ3v) is 8.31. The Hall–Kier alpha value is -6.06. The molecule has 0 fully saturated rings. The number of nitrogens with zero attached hydrogens (tertiary/aromatic N) is 1. The molecule has 8 aromatic carbocycles. The highest BCUT2D eigenvalue weighted by atomic mass is 15.1. The van der Waals surface area contributed by atoms with Gasteiger partial charge in [-0.15, -0.1) is 0 Å². The summed E-state index contributed by atoms with van der Waals surface area (Å²) in [5.74, 6) is 0. The van der Waals surface area contributed by atoms with Gasteiger partial charge in [0.2, 0.25) is 0 Å². The number of benzene rings is 8. The van der Waals surface area contributed by atoms with Gasteiger partial charge in [0.25, 0.3) is 0 Å². The SMILES string of the molecule is c1ccc(N(c2ccccc2)c2cccc3c(Nc4ccc5ccccc5c4)cc(Nc4ccc5ccccc5c4)cc23)cc1. The molecule has 0 aliphatic rings. The molecule has 0 heterocycles. The first-order valence-electron chi connectivity index (χ1n) is 15.3. The molecule has 0 radical (unpaired) electrons. The minimum Gasteiger partial charge on any atom is -0.355 e. The van der Waals surface area contributed by atoms with Crippen LogP contribution in [-0.4, -0.2) is 0 Å². The van der Waals surface area contributed by atoms with Crippen LogP contribution in [0.4, 0.5) is 39.8 Å². The first-order valence-corrected chi connectivity index (χ1v) is 15.3. The van der Waals surface area contributed by atoms with Gasteiger partial charge in [0.15, 0.2) is 0 Å². The maximum Gasteiger partial charge on any atom is 0.0541 e. The zero-order valence-electron chi connectivity index (χ0n) is 24.7. The van der Waals surface area contributed by atoms with Gasteiger partial charge in [-0.3, -0.25) is 0 Å². The van der Waals surface area contributed by atoms with Crippen LogP contribution in [0.3, 0.4) is 0 Å². The van der Waals surface area contributed by atoms with Crippen LogP contribution in [0, 0.1) is 0 Å². The van der Waals surface area contributed by atoms with Crippen molar-refractivity contribution >= 4 is 72.1 Å². The molecule has 0 spiro atoms. The van der Waals surface area contributed by atoms with Gasteiger partial charge in [-0.05, 0) is 88.3 Å². The van der Waals surface area contributed by atoms with E-state index in [4.69, 9.17) is 0 Å². The van der Waals surface area contributed by atoms with Gasteiger partial charge in [-0.25, -0.2) is 0 Å². The quantitative estimate of drug-likeness (QED) is 0.197. The van der Waals surface area contributed by atoms with Crippen molar-refractivity contribution in [2.24, 2.45) is 0 Å². The molecule has 8 aromatic rings. The monoisotopic (exact) mass is 577 g/mol. The van der Waals surface area contributed by atoms with Gasteiger partial charge in [0.1, 0.15) is 0 Å². The minimum absolute atomic E-state index is 1.01. The van der Waals surface area contributed by atoms with Gasteiger partial charge in [0, 0.05) is 44.9 Å². The molecule has 2 N–H and O–H groups in total. The summed E-state index contributed by atoms with van der Waals surface area (Å²) >= 11 is 0. The molecule has 8 rings (SSSR count). The molecule has 0 aromatic heterocycles. The van der Waals surface area contributed by atoms with Crippen LogP contribution in [0.15, 0.2) is 176 Å². The third kappa shape index (κ3) is 5.32. The first kappa shape index (κ1) is 26.6. The van der Waals surface area contributed by atoms with Crippen molar-refractivity contribution in [1.82, 2.24) is 0 Å². The topological polar surface area (TPSA) is 27.3 Å². The van der Waals surface area contributed by atoms with Gasteiger partial charge < -0.3 is 15.5 Å². The largest absolute Gasteiger partial charge is 0.355 e. The summed E-state index contributed by atoms with van der Waals surface area (Å²) in [4.78, 5) is 2.34. The average molecular weight is 578 g/mol. The van der Waals surface area contributed by atoms with E-state index in [1.807, 2.05) is 0 Å². The molecule has 0 saturated heterocycles. The molecule has 0 unspecified atom stereocenters. The van der Waals surface area contributed by atoms with E-state index in [9.17, 15) is 0 Å². The molecular weight excluding hydrogens is 546 g/mol. The second-order valence-electron chi connectivity index (χ2n) is 11.3. The predicted molar refractivity (Wildman–Crippen MR) is 193 cm³/mol. The van der Waals surface area contributed by atoms with E-state index in [0.29, 0.717) is 0 Å². The van der Waals surface area contributed by atoms with Crippen molar-refractivity contribution < 1.29 is 0 Å². The van der Waals surface area contributed by atoms with Crippen LogP contribution in [0.25, 0.3) is 32.3 Å². The summed E-state index contributed by atoms with van der Waals surface area (Å²) in [6.07, 6.45) is 0. The zero-order valence-corrected chi connectivity index (χ0v) is 24.7. The number of para-hydroxylation sites is 2. The molecule has 0 bridgehead atoms. The van der Waals surface area contributed by atoms with E-state index in [1.54, 1.807) is 0 Å². The maximum absolute atomic E-state index is 3.78. The molecule has 3 nitrogen and oxygen atoms in total. The fourth-order valence-electron chi connectivity index (χ4n) is 6.18. The Morgan fingerprint density at radius 3 is 1.47 bits per heavy atom. The van der Waals surface area contributed by atoms with E-state index in [1.165, 1.54) is 21.5 Å². The van der Waals surface area contributed by atoms with Gasteiger partial charge in [0.05, 0.1) is 5.69 Å². The molecule has 45 heavy (non-hydrogen) atoms. The summed E-state index contributed by atoms with van der Waals surface area (Å²) < 4.78 is 0. The molecule has 214 valence electrons. The molecule has 0 aliphatic heterocycles. The molecule has 0 saturated carbocycles. The summed E-state index contributed by atoms with van der Waals surface area (Å²) in [6, 6.07) is 62.2. The fourth-order valence-corrected chi connectivity index (χ4v) is 6.18. The van der Waals surface area contributed by atoms with Crippen molar-refractivity contribution in [1.29, 1.82) is 0 Å². The lowest BCUT2D eigenvalue weighted by molar-refractivity contribution is 1.30. The Balaban J connectivity index is 1.31. The minimum atomic E-state index is 1.01. The molecule has 3 heteroatoms. The van der Waals surface area contributed by atoms with Crippen molar-refractivity contribution in [3.05, 3.63) is 176 Å². The number of hydrogen-bond acceptors (Lipinski definition) is 3.